The van der Waals surface area contributed by atoms with Crippen LogP contribution in [0.15, 0.2) is 11.4 Å². The molecule has 0 aliphatic heterocycles. The van der Waals surface area contributed by atoms with E-state index in [-0.39, 0.29) is 10.7 Å². The smallest absolute Gasteiger partial charge is 0.112 e. The van der Waals surface area contributed by atoms with Crippen molar-refractivity contribution in [2.75, 3.05) is 18.4 Å². The summed E-state index contributed by atoms with van der Waals surface area (Å²) in [7, 11) is 4.73. The zero-order chi connectivity index (χ0) is 13.0. The first kappa shape index (κ1) is 14.1. The van der Waals surface area contributed by atoms with Crippen LogP contribution in [0, 0.1) is 0 Å². The van der Waals surface area contributed by atoms with Gasteiger partial charge in [-0.05, 0) is 25.2 Å². The molecule has 0 saturated heterocycles. The van der Waals surface area contributed by atoms with E-state index in [9.17, 15) is 0 Å². The van der Waals surface area contributed by atoms with Gasteiger partial charge in [0.15, 0.2) is 10.3 Å². The summed E-state index contributed by atoms with van der Waals surface area (Å²) in [4.78, 5) is 1.76. The molecular weight excluding hydrogens is 238 g/mol. The molecule has 102 valence electrons. The van der Waals surface area contributed by atoms with Crippen molar-refractivity contribution >= 4 is 10.7 Å². The molecule has 0 spiro atoms. The van der Waals surface area contributed by atoms with E-state index >= 15 is 0 Å². The predicted octanol–water partition coefficient (Wildman–Crippen LogP) is 5.02. The summed E-state index contributed by atoms with van der Waals surface area (Å²) in [6, 6.07) is 2.46. The molecule has 1 fully saturated rings. The number of hydrogen-bond acceptors (Lipinski definition) is 1. The Morgan fingerprint density at radius 2 is 1.94 bits per heavy atom. The number of unbranched alkanes of at least 4 members (excludes halogenated alkanes) is 1. The molecule has 1 aromatic rings. The van der Waals surface area contributed by atoms with E-state index in [1.165, 1.54) is 51.4 Å². The lowest BCUT2D eigenvalue weighted by Crippen LogP contribution is -2.10. The maximum absolute atomic E-state index is 2.46. The van der Waals surface area contributed by atoms with Crippen molar-refractivity contribution in [3.8, 4) is 0 Å². The Kier molecular flexibility index (Phi) is 5.25. The van der Waals surface area contributed by atoms with Crippen molar-refractivity contribution in [3.05, 3.63) is 21.9 Å². The van der Waals surface area contributed by atoms with Crippen LogP contribution in [-0.4, -0.2) is 14.1 Å². The van der Waals surface area contributed by atoms with Gasteiger partial charge in [0.25, 0.3) is 0 Å². The number of thiophene rings is 1. The summed E-state index contributed by atoms with van der Waals surface area (Å²) < 4.78 is 2.40. The Hall–Kier alpha value is -0.340. The van der Waals surface area contributed by atoms with Crippen molar-refractivity contribution in [2.45, 2.75) is 64.2 Å². The lowest BCUT2D eigenvalue weighted by Gasteiger charge is -2.21. The van der Waals surface area contributed by atoms with Crippen LogP contribution in [0.4, 0.5) is 0 Å². The molecule has 1 aromatic heterocycles. The monoisotopic (exact) mass is 266 g/mol. The maximum atomic E-state index is 2.46. The van der Waals surface area contributed by atoms with Gasteiger partial charge in [-0.1, -0.05) is 32.6 Å². The standard InChI is InChI=1S/C16H28NS/c1-4-5-11-16-15(12-13-18(16)17(2)3)14-9-7-6-8-10-14/h12-14H,4-11H2,1-3H3/q+1. The highest BCUT2D eigenvalue weighted by Crippen LogP contribution is 2.40. The first-order valence-corrected chi connectivity index (χ1v) is 8.80. The Bertz CT molecular complexity index is 361. The van der Waals surface area contributed by atoms with E-state index in [0.29, 0.717) is 0 Å². The molecule has 1 heterocycles. The summed E-state index contributed by atoms with van der Waals surface area (Å²) in [5.74, 6) is 0.874. The zero-order valence-electron chi connectivity index (χ0n) is 12.2. The topological polar surface area (TPSA) is 3.24 Å². The molecule has 0 bridgehead atoms. The quantitative estimate of drug-likeness (QED) is 0.676. The molecule has 0 N–H and O–H groups in total. The summed E-state index contributed by atoms with van der Waals surface area (Å²) in [6.45, 7) is 2.30. The second-order valence-corrected chi connectivity index (χ2v) is 7.87. The summed E-state index contributed by atoms with van der Waals surface area (Å²) in [5, 5.41) is 2.45. The van der Waals surface area contributed by atoms with Gasteiger partial charge < -0.3 is 0 Å². The van der Waals surface area contributed by atoms with E-state index in [1.54, 1.807) is 10.4 Å². The normalized spacial score (nSPS) is 18.6. The lowest BCUT2D eigenvalue weighted by atomic mass is 9.84. The Balaban J connectivity index is 2.21. The van der Waals surface area contributed by atoms with Gasteiger partial charge in [-0.3, -0.25) is 0 Å². The molecule has 0 aromatic carbocycles. The highest BCUT2D eigenvalue weighted by Gasteiger charge is 2.27. The van der Waals surface area contributed by atoms with E-state index in [1.807, 2.05) is 0 Å². The molecule has 1 saturated carbocycles. The van der Waals surface area contributed by atoms with Gasteiger partial charge in [0.1, 0.15) is 0 Å². The fourth-order valence-corrected chi connectivity index (χ4v) is 5.09. The van der Waals surface area contributed by atoms with E-state index < -0.39 is 0 Å². The molecule has 18 heavy (non-hydrogen) atoms. The van der Waals surface area contributed by atoms with Gasteiger partial charge in [-0.25, -0.2) is 0 Å². The van der Waals surface area contributed by atoms with Crippen molar-refractivity contribution in [2.24, 2.45) is 0 Å². The average molecular weight is 266 g/mol. The first-order valence-electron chi connectivity index (χ1n) is 7.55. The third-order valence-corrected chi connectivity index (χ3v) is 6.27. The minimum atomic E-state index is 0.282. The molecule has 1 nitrogen and oxygen atoms in total. The largest absolute Gasteiger partial charge is 0.175 e. The van der Waals surface area contributed by atoms with Crippen molar-refractivity contribution in [1.82, 2.24) is 0 Å². The molecule has 1 atom stereocenters. The van der Waals surface area contributed by atoms with Crippen LogP contribution in [0.2, 0.25) is 0 Å². The SMILES string of the molecule is CCCCc1c(C2CCCCC2)cc[s+]1N(C)C. The summed E-state index contributed by atoms with van der Waals surface area (Å²) in [5.41, 5.74) is 1.72. The van der Waals surface area contributed by atoms with Gasteiger partial charge in [0.2, 0.25) is 0 Å². The minimum absolute atomic E-state index is 0.282. The molecular formula is C16H28NS+. The highest BCUT2D eigenvalue weighted by atomic mass is 32.2. The van der Waals surface area contributed by atoms with Gasteiger partial charge in [-0.2, -0.15) is 0 Å². The Morgan fingerprint density at radius 1 is 1.22 bits per heavy atom. The fraction of sp³-hybridized carbons (Fsp3) is 0.750. The fourth-order valence-electron chi connectivity index (χ4n) is 3.14. The lowest BCUT2D eigenvalue weighted by molar-refractivity contribution is 0.442. The molecule has 2 heteroatoms. The maximum Gasteiger partial charge on any atom is 0.175 e. The first-order chi connectivity index (χ1) is 8.74. The number of hydrogen-bond donors (Lipinski definition) is 0. The van der Waals surface area contributed by atoms with Crippen molar-refractivity contribution in [3.63, 3.8) is 0 Å². The minimum Gasteiger partial charge on any atom is -0.112 e. The van der Waals surface area contributed by atoms with Gasteiger partial charge in [-0.15, -0.1) is 4.31 Å². The van der Waals surface area contributed by atoms with Crippen LogP contribution in [0.1, 0.15) is 68.2 Å². The van der Waals surface area contributed by atoms with Crippen LogP contribution >= 0.6 is 10.7 Å². The van der Waals surface area contributed by atoms with E-state index in [2.05, 4.69) is 36.8 Å². The van der Waals surface area contributed by atoms with Crippen LogP contribution in [0.3, 0.4) is 0 Å². The molecule has 1 aliphatic carbocycles. The molecule has 1 aliphatic rings. The average Bonchev–Trinajstić information content (AvgIpc) is 2.81. The van der Waals surface area contributed by atoms with Gasteiger partial charge in [0, 0.05) is 32.1 Å². The van der Waals surface area contributed by atoms with Gasteiger partial charge in [0.05, 0.1) is 10.7 Å². The Labute approximate surface area is 115 Å². The number of nitrogens with zero attached hydrogens (tertiary/aromatic N) is 1. The van der Waals surface area contributed by atoms with Crippen LogP contribution in [0.25, 0.3) is 0 Å². The predicted molar refractivity (Wildman–Crippen MR) is 83.4 cm³/mol. The third-order valence-electron chi connectivity index (χ3n) is 4.15. The highest BCUT2D eigenvalue weighted by molar-refractivity contribution is 7.32. The zero-order valence-corrected chi connectivity index (χ0v) is 13.1. The Morgan fingerprint density at radius 3 is 2.56 bits per heavy atom. The van der Waals surface area contributed by atoms with Crippen molar-refractivity contribution < 1.29 is 0 Å². The molecule has 1 unspecified atom stereocenters. The summed E-state index contributed by atoms with van der Waals surface area (Å²) in [6.07, 6.45) is 11.2. The second kappa shape index (κ2) is 6.72. The second-order valence-electron chi connectivity index (χ2n) is 5.75. The molecule has 0 amide bonds. The van der Waals surface area contributed by atoms with E-state index in [0.717, 1.165) is 5.92 Å². The van der Waals surface area contributed by atoms with Crippen LogP contribution < -0.4 is 4.31 Å². The van der Waals surface area contributed by atoms with Crippen LogP contribution in [-0.2, 0) is 6.42 Å². The van der Waals surface area contributed by atoms with Gasteiger partial charge >= 0.3 is 0 Å². The summed E-state index contributed by atoms with van der Waals surface area (Å²) >= 11 is 0. The van der Waals surface area contributed by atoms with E-state index in [4.69, 9.17) is 0 Å². The van der Waals surface area contributed by atoms with Crippen molar-refractivity contribution in [1.29, 1.82) is 0 Å². The molecule has 0 radical (unpaired) electrons. The van der Waals surface area contributed by atoms with Crippen LogP contribution in [0.5, 0.6) is 0 Å². The molecule has 2 rings (SSSR count). The third kappa shape index (κ3) is 3.16. The number of rotatable bonds is 5.